The molecule has 1 heterocycles. The summed E-state index contributed by atoms with van der Waals surface area (Å²) in [5.41, 5.74) is 7.14. The third-order valence-corrected chi connectivity index (χ3v) is 2.51. The number of hydrogen-bond acceptors (Lipinski definition) is 3. The first-order valence-corrected chi connectivity index (χ1v) is 5.20. The van der Waals surface area contributed by atoms with Crippen LogP contribution in [0.4, 0.5) is 5.69 Å². The molecule has 0 radical (unpaired) electrons. The summed E-state index contributed by atoms with van der Waals surface area (Å²) in [6.45, 7) is 0.362. The summed E-state index contributed by atoms with van der Waals surface area (Å²) in [6, 6.07) is 7.51. The van der Waals surface area contributed by atoms with E-state index in [1.165, 1.54) is 0 Å². The Hall–Kier alpha value is -1.68. The van der Waals surface area contributed by atoms with E-state index in [4.69, 9.17) is 22.1 Å². The van der Waals surface area contributed by atoms with Crippen molar-refractivity contribution in [2.75, 3.05) is 5.73 Å². The molecule has 0 amide bonds. The van der Waals surface area contributed by atoms with Gasteiger partial charge in [-0.3, -0.25) is 4.68 Å². The standard InChI is InChI=1S/C11H12ClN3O/c1-15-6-10(13)11(14-15)16-7-8-4-2-3-5-9(8)12/h2-6H,7,13H2,1H3. The van der Waals surface area contributed by atoms with E-state index in [9.17, 15) is 0 Å². The number of aryl methyl sites for hydroxylation is 1. The van der Waals surface area contributed by atoms with Gasteiger partial charge in [0.05, 0.1) is 6.20 Å². The number of nitrogen functional groups attached to an aromatic ring is 1. The van der Waals surface area contributed by atoms with Gasteiger partial charge in [-0.25, -0.2) is 0 Å². The minimum Gasteiger partial charge on any atom is -0.470 e. The first-order chi connectivity index (χ1) is 7.66. The van der Waals surface area contributed by atoms with Crippen molar-refractivity contribution < 1.29 is 4.74 Å². The van der Waals surface area contributed by atoms with Gasteiger partial charge in [-0.15, -0.1) is 5.10 Å². The van der Waals surface area contributed by atoms with E-state index in [1.54, 1.807) is 17.9 Å². The largest absolute Gasteiger partial charge is 0.470 e. The summed E-state index contributed by atoms with van der Waals surface area (Å²) in [6.07, 6.45) is 1.70. The Bertz CT molecular complexity index is 496. The van der Waals surface area contributed by atoms with Gasteiger partial charge in [0.2, 0.25) is 0 Å². The average molecular weight is 238 g/mol. The lowest BCUT2D eigenvalue weighted by molar-refractivity contribution is 0.292. The summed E-state index contributed by atoms with van der Waals surface area (Å²) in [5, 5.41) is 4.76. The van der Waals surface area contributed by atoms with Crippen LogP contribution in [0.25, 0.3) is 0 Å². The van der Waals surface area contributed by atoms with Crippen LogP contribution in [0.3, 0.4) is 0 Å². The number of anilines is 1. The van der Waals surface area contributed by atoms with E-state index in [-0.39, 0.29) is 0 Å². The van der Waals surface area contributed by atoms with Crippen LogP contribution in [0.1, 0.15) is 5.56 Å². The van der Waals surface area contributed by atoms with Gasteiger partial charge in [-0.2, -0.15) is 0 Å². The van der Waals surface area contributed by atoms with Gasteiger partial charge in [0, 0.05) is 17.6 Å². The highest BCUT2D eigenvalue weighted by molar-refractivity contribution is 6.31. The molecule has 84 valence electrons. The normalized spacial score (nSPS) is 10.4. The van der Waals surface area contributed by atoms with E-state index >= 15 is 0 Å². The lowest BCUT2D eigenvalue weighted by Gasteiger charge is -2.05. The fourth-order valence-electron chi connectivity index (χ4n) is 1.36. The van der Waals surface area contributed by atoms with Crippen LogP contribution < -0.4 is 10.5 Å². The number of nitrogens with zero attached hydrogens (tertiary/aromatic N) is 2. The van der Waals surface area contributed by atoms with Gasteiger partial charge in [0.25, 0.3) is 5.88 Å². The number of hydrogen-bond donors (Lipinski definition) is 1. The second kappa shape index (κ2) is 4.45. The maximum absolute atomic E-state index is 6.00. The van der Waals surface area contributed by atoms with Crippen molar-refractivity contribution in [3.63, 3.8) is 0 Å². The number of rotatable bonds is 3. The Morgan fingerprint density at radius 1 is 1.44 bits per heavy atom. The van der Waals surface area contributed by atoms with Crippen LogP contribution in [0, 0.1) is 0 Å². The smallest absolute Gasteiger partial charge is 0.256 e. The third-order valence-electron chi connectivity index (χ3n) is 2.14. The number of ether oxygens (including phenoxy) is 1. The minimum atomic E-state index is 0.362. The second-order valence-corrected chi connectivity index (χ2v) is 3.85. The number of aromatic nitrogens is 2. The highest BCUT2D eigenvalue weighted by Crippen LogP contribution is 2.21. The van der Waals surface area contributed by atoms with Crippen molar-refractivity contribution in [1.29, 1.82) is 0 Å². The summed E-state index contributed by atoms with van der Waals surface area (Å²) in [7, 11) is 1.79. The molecule has 0 aliphatic carbocycles. The molecule has 0 spiro atoms. The molecule has 5 heteroatoms. The lowest BCUT2D eigenvalue weighted by atomic mass is 10.2. The summed E-state index contributed by atoms with van der Waals surface area (Å²) >= 11 is 6.00. The summed E-state index contributed by atoms with van der Waals surface area (Å²) in [5.74, 6) is 0.433. The van der Waals surface area contributed by atoms with E-state index in [1.807, 2.05) is 24.3 Å². The average Bonchev–Trinajstić information content (AvgIpc) is 2.56. The number of benzene rings is 1. The predicted octanol–water partition coefficient (Wildman–Crippen LogP) is 2.23. The maximum atomic E-state index is 6.00. The Morgan fingerprint density at radius 2 is 2.19 bits per heavy atom. The molecule has 0 unspecified atom stereocenters. The predicted molar refractivity (Wildman–Crippen MR) is 63.4 cm³/mol. The van der Waals surface area contributed by atoms with E-state index in [2.05, 4.69) is 5.10 Å². The van der Waals surface area contributed by atoms with Gasteiger partial charge < -0.3 is 10.5 Å². The molecule has 0 aliphatic rings. The molecule has 1 aromatic carbocycles. The zero-order valence-corrected chi connectivity index (χ0v) is 9.61. The molecule has 0 aliphatic heterocycles. The van der Waals surface area contributed by atoms with Crippen molar-refractivity contribution in [3.8, 4) is 5.88 Å². The molecule has 2 rings (SSSR count). The van der Waals surface area contributed by atoms with Crippen molar-refractivity contribution in [3.05, 3.63) is 41.0 Å². The first kappa shape index (κ1) is 10.8. The Balaban J connectivity index is 2.08. The van der Waals surface area contributed by atoms with Gasteiger partial charge in [-0.05, 0) is 6.07 Å². The van der Waals surface area contributed by atoms with Crippen molar-refractivity contribution in [2.45, 2.75) is 6.61 Å². The topological polar surface area (TPSA) is 53.1 Å². The van der Waals surface area contributed by atoms with Crippen LogP contribution in [0.5, 0.6) is 5.88 Å². The third kappa shape index (κ3) is 2.28. The summed E-state index contributed by atoms with van der Waals surface area (Å²) in [4.78, 5) is 0. The molecule has 2 N–H and O–H groups in total. The minimum absolute atomic E-state index is 0.362. The van der Waals surface area contributed by atoms with Crippen LogP contribution in [0.2, 0.25) is 5.02 Å². The van der Waals surface area contributed by atoms with E-state index in [0.717, 1.165) is 5.56 Å². The monoisotopic (exact) mass is 237 g/mol. The molecule has 0 saturated carbocycles. The van der Waals surface area contributed by atoms with Gasteiger partial charge in [0.1, 0.15) is 12.3 Å². The van der Waals surface area contributed by atoms with Crippen LogP contribution >= 0.6 is 11.6 Å². The quantitative estimate of drug-likeness (QED) is 0.891. The molecular formula is C11H12ClN3O. The van der Waals surface area contributed by atoms with Gasteiger partial charge in [-0.1, -0.05) is 29.8 Å². The van der Waals surface area contributed by atoms with E-state index < -0.39 is 0 Å². The molecule has 4 nitrogen and oxygen atoms in total. The van der Waals surface area contributed by atoms with Crippen LogP contribution in [-0.4, -0.2) is 9.78 Å². The zero-order valence-electron chi connectivity index (χ0n) is 8.85. The molecule has 0 fully saturated rings. The Kier molecular flexibility index (Phi) is 3.01. The second-order valence-electron chi connectivity index (χ2n) is 3.44. The first-order valence-electron chi connectivity index (χ1n) is 4.82. The highest BCUT2D eigenvalue weighted by atomic mass is 35.5. The zero-order chi connectivity index (χ0) is 11.5. The molecule has 0 bridgehead atoms. The van der Waals surface area contributed by atoms with Crippen molar-refractivity contribution >= 4 is 17.3 Å². The summed E-state index contributed by atoms with van der Waals surface area (Å²) < 4.78 is 7.09. The van der Waals surface area contributed by atoms with Crippen molar-refractivity contribution in [1.82, 2.24) is 9.78 Å². The lowest BCUT2D eigenvalue weighted by Crippen LogP contribution is -1.99. The molecule has 16 heavy (non-hydrogen) atoms. The van der Waals surface area contributed by atoms with Crippen molar-refractivity contribution in [2.24, 2.45) is 7.05 Å². The maximum Gasteiger partial charge on any atom is 0.256 e. The number of halogens is 1. The van der Waals surface area contributed by atoms with Gasteiger partial charge >= 0.3 is 0 Å². The fraction of sp³-hybridized carbons (Fsp3) is 0.182. The van der Waals surface area contributed by atoms with Crippen LogP contribution in [-0.2, 0) is 13.7 Å². The number of nitrogens with two attached hydrogens (primary N) is 1. The Labute approximate surface area is 98.6 Å². The fourth-order valence-corrected chi connectivity index (χ4v) is 1.55. The molecule has 1 aromatic heterocycles. The molecule has 2 aromatic rings. The highest BCUT2D eigenvalue weighted by Gasteiger charge is 2.06. The molecular weight excluding hydrogens is 226 g/mol. The Morgan fingerprint density at radius 3 is 2.81 bits per heavy atom. The van der Waals surface area contributed by atoms with Crippen LogP contribution in [0.15, 0.2) is 30.5 Å². The molecule has 0 atom stereocenters. The van der Waals surface area contributed by atoms with Gasteiger partial charge in [0.15, 0.2) is 0 Å². The molecule has 0 saturated heterocycles. The SMILES string of the molecule is Cn1cc(N)c(OCc2ccccc2Cl)n1. The van der Waals surface area contributed by atoms with E-state index in [0.29, 0.717) is 23.2 Å².